The van der Waals surface area contributed by atoms with Gasteiger partial charge in [-0.1, -0.05) is 12.1 Å². The molecule has 106 valence electrons. The molecule has 0 unspecified atom stereocenters. The van der Waals surface area contributed by atoms with Gasteiger partial charge in [0.15, 0.2) is 11.6 Å². The second kappa shape index (κ2) is 3.80. The van der Waals surface area contributed by atoms with Crippen LogP contribution in [0.5, 0.6) is 0 Å². The van der Waals surface area contributed by atoms with Gasteiger partial charge in [0.2, 0.25) is 0 Å². The highest BCUT2D eigenvalue weighted by Gasteiger charge is 2.56. The minimum Gasteiger partial charge on any atom is -0.286 e. The van der Waals surface area contributed by atoms with E-state index < -0.39 is 11.1 Å². The molecule has 3 rings (SSSR count). The summed E-state index contributed by atoms with van der Waals surface area (Å²) >= 11 is 0. The zero-order valence-corrected chi connectivity index (χ0v) is 12.0. The molecule has 1 aromatic rings. The van der Waals surface area contributed by atoms with Crippen molar-refractivity contribution in [2.45, 2.75) is 38.8 Å². The van der Waals surface area contributed by atoms with Crippen LogP contribution in [0.25, 0.3) is 0 Å². The molecule has 2 heterocycles. The topological polar surface area (TPSA) is 71.7 Å². The Kier molecular flexibility index (Phi) is 2.49. The van der Waals surface area contributed by atoms with Gasteiger partial charge in [-0.15, -0.1) is 0 Å². The van der Waals surface area contributed by atoms with Crippen molar-refractivity contribution in [1.82, 2.24) is 10.1 Å². The van der Waals surface area contributed by atoms with E-state index in [1.54, 1.807) is 0 Å². The molecule has 0 radical (unpaired) electrons. The van der Waals surface area contributed by atoms with Gasteiger partial charge in [-0.05, 0) is 39.8 Å². The molecule has 1 saturated heterocycles. The summed E-state index contributed by atoms with van der Waals surface area (Å²) in [5.74, 6) is 0.519. The van der Waals surface area contributed by atoms with Crippen molar-refractivity contribution < 1.29 is 10.4 Å². The maximum Gasteiger partial charge on any atom is 0.199 e. The van der Waals surface area contributed by atoms with Gasteiger partial charge in [-0.2, -0.15) is 0 Å². The van der Waals surface area contributed by atoms with E-state index in [-0.39, 0.29) is 5.82 Å². The summed E-state index contributed by atoms with van der Waals surface area (Å²) in [6.45, 7) is 7.41. The summed E-state index contributed by atoms with van der Waals surface area (Å²) in [6.07, 6.45) is 0. The van der Waals surface area contributed by atoms with Crippen molar-refractivity contribution in [2.24, 2.45) is 9.98 Å². The van der Waals surface area contributed by atoms with Crippen LogP contribution < -0.4 is 10.7 Å². The fourth-order valence-corrected chi connectivity index (χ4v) is 2.33. The van der Waals surface area contributed by atoms with Gasteiger partial charge in [-0.25, -0.2) is 20.1 Å². The van der Waals surface area contributed by atoms with Crippen LogP contribution in [0.1, 0.15) is 27.7 Å². The molecule has 1 aromatic carbocycles. The lowest BCUT2D eigenvalue weighted by Crippen LogP contribution is -2.52. The summed E-state index contributed by atoms with van der Waals surface area (Å²) in [4.78, 5) is 8.75. The summed E-state index contributed by atoms with van der Waals surface area (Å²) < 4.78 is 0. The third-order valence-electron chi connectivity index (χ3n) is 4.49. The van der Waals surface area contributed by atoms with Gasteiger partial charge >= 0.3 is 0 Å². The lowest BCUT2D eigenvalue weighted by Gasteiger charge is -2.37. The molecule has 6 nitrogen and oxygen atoms in total. The Morgan fingerprint density at radius 2 is 1.25 bits per heavy atom. The van der Waals surface area contributed by atoms with Crippen LogP contribution >= 0.6 is 0 Å². The number of fused-ring (bicyclic) bond motifs is 1. The van der Waals surface area contributed by atoms with Gasteiger partial charge in [0.05, 0.1) is 21.8 Å². The average Bonchev–Trinajstić information content (AvgIpc) is 2.85. The number of rotatable bonds is 0. The maximum absolute atomic E-state index is 10.4. The monoisotopic (exact) mass is 274 g/mol. The molecule has 2 N–H and O–H groups in total. The van der Waals surface area contributed by atoms with Gasteiger partial charge in [0.25, 0.3) is 0 Å². The maximum atomic E-state index is 10.4. The third kappa shape index (κ3) is 1.46. The summed E-state index contributed by atoms with van der Waals surface area (Å²) in [6, 6.07) is 7.45. The largest absolute Gasteiger partial charge is 0.286 e. The highest BCUT2D eigenvalue weighted by molar-refractivity contribution is 5.24. The first-order valence-electron chi connectivity index (χ1n) is 6.52. The van der Waals surface area contributed by atoms with Crippen molar-refractivity contribution in [1.29, 1.82) is 0 Å². The van der Waals surface area contributed by atoms with Crippen LogP contribution in [-0.2, 0) is 0 Å². The second-order valence-electron chi connectivity index (χ2n) is 6.10. The lowest BCUT2D eigenvalue weighted by molar-refractivity contribution is -0.125. The zero-order chi connectivity index (χ0) is 14.7. The van der Waals surface area contributed by atoms with Crippen molar-refractivity contribution >= 4 is 0 Å². The smallest absolute Gasteiger partial charge is 0.199 e. The van der Waals surface area contributed by atoms with Crippen LogP contribution in [0.15, 0.2) is 45.9 Å². The highest BCUT2D eigenvalue weighted by atomic mass is 16.6. The van der Waals surface area contributed by atoms with Gasteiger partial charge < -0.3 is 0 Å². The average molecular weight is 274 g/mol. The zero-order valence-electron chi connectivity index (χ0n) is 12.0. The molecule has 0 spiro atoms. The molecule has 0 amide bonds. The predicted molar refractivity (Wildman–Crippen MR) is 71.2 cm³/mol. The third-order valence-corrected chi connectivity index (χ3v) is 4.49. The van der Waals surface area contributed by atoms with Crippen LogP contribution in [0, 0.1) is 0 Å². The SMILES string of the molecule is CC1(C)N(O)C(=C2N=c3ccccc3=N2)N(O)C1(C)C. The molecule has 0 aliphatic carbocycles. The molecule has 1 fully saturated rings. The van der Waals surface area contributed by atoms with E-state index in [0.29, 0.717) is 5.82 Å². The fraction of sp³-hybridized carbons (Fsp3) is 0.429. The van der Waals surface area contributed by atoms with Crippen LogP contribution in [-0.4, -0.2) is 31.6 Å². The predicted octanol–water partition coefficient (Wildman–Crippen LogP) is 1.02. The molecule has 20 heavy (non-hydrogen) atoms. The van der Waals surface area contributed by atoms with E-state index in [1.807, 2.05) is 52.0 Å². The Morgan fingerprint density at radius 3 is 1.65 bits per heavy atom. The van der Waals surface area contributed by atoms with Crippen LogP contribution in [0.3, 0.4) is 0 Å². The van der Waals surface area contributed by atoms with Crippen LogP contribution in [0.2, 0.25) is 0 Å². The molecule has 6 heteroatoms. The first kappa shape index (κ1) is 13.1. The Balaban J connectivity index is 2.22. The normalized spacial score (nSPS) is 22.7. The standard InChI is InChI=1S/C14H18N4O2/c1-13(2)14(3,4)18(20)12(17(13)19)11-15-9-7-5-6-8-10(9)16-11/h5-8,19-20H,1-4H3. The van der Waals surface area contributed by atoms with E-state index in [9.17, 15) is 10.4 Å². The molecule has 0 saturated carbocycles. The Morgan fingerprint density at radius 1 is 0.850 bits per heavy atom. The number of nitrogens with zero attached hydrogens (tertiary/aromatic N) is 4. The molecule has 2 aliphatic rings. The molecule has 2 aliphatic heterocycles. The van der Waals surface area contributed by atoms with Crippen molar-refractivity contribution in [3.05, 3.63) is 46.6 Å². The number of benzene rings is 1. The molecular weight excluding hydrogens is 256 g/mol. The summed E-state index contributed by atoms with van der Waals surface area (Å²) in [5, 5.41) is 24.4. The Bertz CT molecular complexity index is 662. The van der Waals surface area contributed by atoms with Gasteiger partial charge in [-0.3, -0.25) is 10.4 Å². The van der Waals surface area contributed by atoms with E-state index in [4.69, 9.17) is 0 Å². The Labute approximate surface area is 116 Å². The molecule has 0 aromatic heterocycles. The molecule has 0 atom stereocenters. The number of hydrogen-bond donors (Lipinski definition) is 2. The summed E-state index contributed by atoms with van der Waals surface area (Å²) in [5.41, 5.74) is -1.35. The van der Waals surface area contributed by atoms with Crippen LogP contribution in [0.4, 0.5) is 0 Å². The number of hydrogen-bond acceptors (Lipinski definition) is 6. The lowest BCUT2D eigenvalue weighted by atomic mass is 9.84. The minimum atomic E-state index is -0.677. The van der Waals surface area contributed by atoms with Crippen molar-refractivity contribution in [3.8, 4) is 0 Å². The number of hydroxylamine groups is 4. The minimum absolute atomic E-state index is 0.205. The van der Waals surface area contributed by atoms with Crippen molar-refractivity contribution in [3.63, 3.8) is 0 Å². The van der Waals surface area contributed by atoms with E-state index in [0.717, 1.165) is 20.8 Å². The highest BCUT2D eigenvalue weighted by Crippen LogP contribution is 2.44. The fourth-order valence-electron chi connectivity index (χ4n) is 2.33. The van der Waals surface area contributed by atoms with E-state index >= 15 is 0 Å². The first-order chi connectivity index (χ1) is 9.26. The molecular formula is C14H18N4O2. The first-order valence-corrected chi connectivity index (χ1v) is 6.52. The summed E-state index contributed by atoms with van der Waals surface area (Å²) in [7, 11) is 0. The van der Waals surface area contributed by atoms with Gasteiger partial charge in [0.1, 0.15) is 0 Å². The van der Waals surface area contributed by atoms with Crippen molar-refractivity contribution in [2.75, 3.05) is 0 Å². The Hall–Kier alpha value is -1.92. The number of para-hydroxylation sites is 2. The van der Waals surface area contributed by atoms with Gasteiger partial charge in [0, 0.05) is 0 Å². The van der Waals surface area contributed by atoms with E-state index in [1.165, 1.54) is 0 Å². The second-order valence-corrected chi connectivity index (χ2v) is 6.10. The molecule has 0 bridgehead atoms. The quantitative estimate of drug-likeness (QED) is 0.741. The van der Waals surface area contributed by atoms with E-state index in [2.05, 4.69) is 9.98 Å².